The summed E-state index contributed by atoms with van der Waals surface area (Å²) in [5.41, 5.74) is 2.42. The predicted octanol–water partition coefficient (Wildman–Crippen LogP) is 2.88. The monoisotopic (exact) mass is 327 g/mol. The molecule has 5 heteroatoms. The summed E-state index contributed by atoms with van der Waals surface area (Å²) in [5.74, 6) is 0.517. The largest absolute Gasteiger partial charge is 0.480 e. The maximum Gasteiger partial charge on any atom is 0.339 e. The van der Waals surface area contributed by atoms with E-state index in [1.54, 1.807) is 18.7 Å². The van der Waals surface area contributed by atoms with Crippen molar-refractivity contribution in [3.8, 4) is 5.75 Å². The van der Waals surface area contributed by atoms with Gasteiger partial charge < -0.3 is 14.1 Å². The molecular weight excluding hydrogens is 306 g/mol. The lowest BCUT2D eigenvalue weighted by molar-refractivity contribution is -0.136. The van der Waals surface area contributed by atoms with Crippen molar-refractivity contribution in [3.05, 3.63) is 51.4 Å². The predicted molar refractivity (Wildman–Crippen MR) is 92.5 cm³/mol. The van der Waals surface area contributed by atoms with Gasteiger partial charge in [-0.15, -0.1) is 0 Å². The Labute approximate surface area is 140 Å². The molecule has 24 heavy (non-hydrogen) atoms. The van der Waals surface area contributed by atoms with Crippen molar-refractivity contribution in [2.45, 2.75) is 33.8 Å². The fourth-order valence-corrected chi connectivity index (χ4v) is 2.94. The highest BCUT2D eigenvalue weighted by molar-refractivity contribution is 5.89. The molecule has 1 aliphatic heterocycles. The second kappa shape index (κ2) is 6.15. The van der Waals surface area contributed by atoms with E-state index in [9.17, 15) is 9.59 Å². The lowest BCUT2D eigenvalue weighted by Gasteiger charge is -2.22. The Morgan fingerprint density at radius 3 is 2.50 bits per heavy atom. The second-order valence-corrected chi connectivity index (χ2v) is 6.25. The van der Waals surface area contributed by atoms with Crippen LogP contribution in [-0.4, -0.2) is 30.0 Å². The molecule has 0 radical (unpaired) electrons. The third kappa shape index (κ3) is 2.82. The van der Waals surface area contributed by atoms with Gasteiger partial charge in [0.15, 0.2) is 6.10 Å². The van der Waals surface area contributed by atoms with Crippen LogP contribution in [0.1, 0.15) is 23.6 Å². The van der Waals surface area contributed by atoms with E-state index in [4.69, 9.17) is 9.15 Å². The number of amides is 1. The molecule has 1 unspecified atom stereocenters. The minimum atomic E-state index is -0.610. The number of nitrogens with zero attached hydrogens (tertiary/aromatic N) is 1. The zero-order valence-electron chi connectivity index (χ0n) is 14.4. The molecule has 1 aliphatic rings. The number of hydrogen-bond donors (Lipinski definition) is 0. The van der Waals surface area contributed by atoms with Gasteiger partial charge in [0.2, 0.25) is 0 Å². The van der Waals surface area contributed by atoms with E-state index < -0.39 is 6.10 Å². The average molecular weight is 327 g/mol. The quantitative estimate of drug-likeness (QED) is 0.642. The number of carbonyl (C=O) groups excluding carboxylic acids is 1. The van der Waals surface area contributed by atoms with E-state index in [1.165, 1.54) is 0 Å². The molecule has 0 saturated heterocycles. The van der Waals surface area contributed by atoms with E-state index in [2.05, 4.69) is 0 Å². The van der Waals surface area contributed by atoms with Crippen molar-refractivity contribution in [1.29, 1.82) is 0 Å². The Hall–Kier alpha value is -2.56. The van der Waals surface area contributed by atoms with Crippen LogP contribution >= 0.6 is 0 Å². The summed E-state index contributed by atoms with van der Waals surface area (Å²) in [4.78, 5) is 26.1. The number of carbonyl (C=O) groups is 1. The van der Waals surface area contributed by atoms with Gasteiger partial charge in [-0.2, -0.15) is 0 Å². The van der Waals surface area contributed by atoms with Gasteiger partial charge in [0.05, 0.1) is 5.39 Å². The van der Waals surface area contributed by atoms with Crippen molar-refractivity contribution in [2.24, 2.45) is 0 Å². The van der Waals surface area contributed by atoms with Crippen molar-refractivity contribution < 1.29 is 13.9 Å². The van der Waals surface area contributed by atoms with E-state index in [1.807, 2.05) is 38.1 Å². The highest BCUT2D eigenvalue weighted by Gasteiger charge is 2.24. The number of fused-ring (bicyclic) bond motifs is 1. The summed E-state index contributed by atoms with van der Waals surface area (Å²) in [6.07, 6.45) is 3.32. The molecule has 0 fully saturated rings. The van der Waals surface area contributed by atoms with Gasteiger partial charge in [-0.05, 0) is 51.0 Å². The van der Waals surface area contributed by atoms with Crippen LogP contribution in [0.15, 0.2) is 33.5 Å². The normalized spacial score (nSPS) is 15.1. The number of benzene rings is 1. The first-order valence-electron chi connectivity index (χ1n) is 8.03. The van der Waals surface area contributed by atoms with Gasteiger partial charge in [0, 0.05) is 18.7 Å². The van der Waals surface area contributed by atoms with Crippen LogP contribution < -0.4 is 10.4 Å². The fourth-order valence-electron chi connectivity index (χ4n) is 2.94. The minimum Gasteiger partial charge on any atom is -0.480 e. The van der Waals surface area contributed by atoms with Crippen molar-refractivity contribution in [2.75, 3.05) is 13.1 Å². The summed E-state index contributed by atoms with van der Waals surface area (Å²) in [6.45, 7) is 8.49. The highest BCUT2D eigenvalue weighted by atomic mass is 16.5. The van der Waals surface area contributed by atoms with Crippen LogP contribution in [0, 0.1) is 20.8 Å². The molecule has 1 aromatic carbocycles. The van der Waals surface area contributed by atoms with E-state index in [-0.39, 0.29) is 11.5 Å². The summed E-state index contributed by atoms with van der Waals surface area (Å²) < 4.78 is 11.4. The van der Waals surface area contributed by atoms with Gasteiger partial charge in [-0.3, -0.25) is 4.79 Å². The van der Waals surface area contributed by atoms with Gasteiger partial charge in [0.25, 0.3) is 5.91 Å². The maximum atomic E-state index is 12.5. The molecular formula is C19H21NO4. The Morgan fingerprint density at radius 1 is 1.17 bits per heavy atom. The molecule has 0 spiro atoms. The summed E-state index contributed by atoms with van der Waals surface area (Å²) in [6, 6.07) is 3.69. The van der Waals surface area contributed by atoms with Crippen LogP contribution in [0.3, 0.4) is 0 Å². The molecule has 1 atom stereocenters. The van der Waals surface area contributed by atoms with Gasteiger partial charge in [0.1, 0.15) is 11.3 Å². The molecule has 1 amide bonds. The SMILES string of the molecule is Cc1cc(OC(C)C(=O)N2CC=CC2)c2c(C)c(C)c(=O)oc2c1. The average Bonchev–Trinajstić information content (AvgIpc) is 3.05. The molecule has 3 rings (SSSR count). The lowest BCUT2D eigenvalue weighted by Crippen LogP contribution is -2.39. The van der Waals surface area contributed by atoms with Crippen molar-refractivity contribution in [1.82, 2.24) is 4.90 Å². The second-order valence-electron chi connectivity index (χ2n) is 6.25. The van der Waals surface area contributed by atoms with Gasteiger partial charge >= 0.3 is 5.63 Å². The molecule has 1 aromatic heterocycles. The first-order chi connectivity index (χ1) is 11.4. The van der Waals surface area contributed by atoms with E-state index in [0.29, 0.717) is 30.0 Å². The number of hydrogen-bond acceptors (Lipinski definition) is 4. The molecule has 2 aromatic rings. The molecule has 2 heterocycles. The zero-order valence-corrected chi connectivity index (χ0v) is 14.4. The number of rotatable bonds is 3. The lowest BCUT2D eigenvalue weighted by atomic mass is 10.0. The Bertz CT molecular complexity index is 886. The summed E-state index contributed by atoms with van der Waals surface area (Å²) >= 11 is 0. The van der Waals surface area contributed by atoms with Crippen molar-refractivity contribution >= 4 is 16.9 Å². The summed E-state index contributed by atoms with van der Waals surface area (Å²) in [5, 5.41) is 0.747. The van der Waals surface area contributed by atoms with E-state index >= 15 is 0 Å². The standard InChI is InChI=1S/C19H21NO4/c1-11-9-15(23-14(4)18(21)20-7-5-6-8-20)17-12(2)13(3)19(22)24-16(17)10-11/h5-6,9-10,14H,7-8H2,1-4H3. The Balaban J connectivity index is 2.01. The Kier molecular flexibility index (Phi) is 4.18. The molecule has 126 valence electrons. The first kappa shape index (κ1) is 16.3. The molecule has 0 saturated carbocycles. The zero-order chi connectivity index (χ0) is 17.4. The third-order valence-electron chi connectivity index (χ3n) is 4.44. The topological polar surface area (TPSA) is 59.8 Å². The van der Waals surface area contributed by atoms with Crippen LogP contribution in [0.5, 0.6) is 5.75 Å². The van der Waals surface area contributed by atoms with Crippen LogP contribution in [0.25, 0.3) is 11.0 Å². The highest BCUT2D eigenvalue weighted by Crippen LogP contribution is 2.31. The smallest absolute Gasteiger partial charge is 0.339 e. The number of aryl methyl sites for hydroxylation is 2. The van der Waals surface area contributed by atoms with Crippen molar-refractivity contribution in [3.63, 3.8) is 0 Å². The molecule has 0 aliphatic carbocycles. The minimum absolute atomic E-state index is 0.0542. The van der Waals surface area contributed by atoms with Gasteiger partial charge in [-0.1, -0.05) is 12.2 Å². The Morgan fingerprint density at radius 2 is 1.83 bits per heavy atom. The molecule has 0 bridgehead atoms. The molecule has 0 N–H and O–H groups in total. The summed E-state index contributed by atoms with van der Waals surface area (Å²) in [7, 11) is 0. The van der Waals surface area contributed by atoms with Gasteiger partial charge in [-0.25, -0.2) is 4.79 Å². The third-order valence-corrected chi connectivity index (χ3v) is 4.44. The van der Waals surface area contributed by atoms with Crippen LogP contribution in [-0.2, 0) is 4.79 Å². The maximum absolute atomic E-state index is 12.5. The van der Waals surface area contributed by atoms with Crippen LogP contribution in [0.4, 0.5) is 0 Å². The number of ether oxygens (including phenoxy) is 1. The fraction of sp³-hybridized carbons (Fsp3) is 0.368. The van der Waals surface area contributed by atoms with Crippen LogP contribution in [0.2, 0.25) is 0 Å². The molecule has 5 nitrogen and oxygen atoms in total. The first-order valence-corrected chi connectivity index (χ1v) is 8.03. The van der Waals surface area contributed by atoms with E-state index in [0.717, 1.165) is 16.5 Å².